The molecule has 0 saturated carbocycles. The number of halogens is 2. The Hall–Kier alpha value is -2.69. The molecule has 2 aromatic rings. The molecule has 0 aliphatic carbocycles. The fraction of sp³-hybridized carbons (Fsp3) is 0.211. The van der Waals surface area contributed by atoms with Gasteiger partial charge in [0.1, 0.15) is 11.6 Å². The normalized spacial score (nSPS) is 15.1. The minimum absolute atomic E-state index is 0.0573. The van der Waals surface area contributed by atoms with Crippen LogP contribution in [-0.4, -0.2) is 37.0 Å². The third-order valence-electron chi connectivity index (χ3n) is 4.07. The molecule has 1 heterocycles. The van der Waals surface area contributed by atoms with E-state index in [-0.39, 0.29) is 17.5 Å². The minimum atomic E-state index is -0.296. The quantitative estimate of drug-likeness (QED) is 0.807. The second-order valence-electron chi connectivity index (χ2n) is 5.67. The Kier molecular flexibility index (Phi) is 4.89. The Morgan fingerprint density at radius 2 is 1.38 bits per heavy atom. The molecule has 2 aromatic carbocycles. The topological polar surface area (TPSA) is 23.6 Å². The molecule has 0 unspecified atom stereocenters. The van der Waals surface area contributed by atoms with E-state index < -0.39 is 0 Å². The Labute approximate surface area is 139 Å². The highest BCUT2D eigenvalue weighted by Crippen LogP contribution is 2.17. The van der Waals surface area contributed by atoms with Crippen molar-refractivity contribution in [2.75, 3.05) is 31.1 Å². The van der Waals surface area contributed by atoms with Gasteiger partial charge in [-0.25, -0.2) is 8.78 Å². The standard InChI is InChI=1S/C19H18F2N2O/c20-16-4-1-15(2-5-16)3-10-19(24)23-13-11-22(12-14-23)18-8-6-17(21)7-9-18/h1-10H,11-14H2/b10-3+. The van der Waals surface area contributed by atoms with Gasteiger partial charge in [-0.2, -0.15) is 0 Å². The molecule has 124 valence electrons. The van der Waals surface area contributed by atoms with Crippen molar-refractivity contribution < 1.29 is 13.6 Å². The van der Waals surface area contributed by atoms with Gasteiger partial charge in [-0.05, 0) is 48.0 Å². The first-order chi connectivity index (χ1) is 11.6. The SMILES string of the molecule is O=C(/C=C/c1ccc(F)cc1)N1CCN(c2ccc(F)cc2)CC1. The fourth-order valence-corrected chi connectivity index (χ4v) is 2.68. The lowest BCUT2D eigenvalue weighted by atomic mass is 10.2. The molecule has 1 amide bonds. The van der Waals surface area contributed by atoms with Gasteiger partial charge in [0.05, 0.1) is 0 Å². The second kappa shape index (κ2) is 7.25. The van der Waals surface area contributed by atoms with E-state index in [1.165, 1.54) is 30.3 Å². The Bertz CT molecular complexity index is 718. The third kappa shape index (κ3) is 3.98. The van der Waals surface area contributed by atoms with Crippen LogP contribution < -0.4 is 4.90 Å². The predicted molar refractivity (Wildman–Crippen MR) is 90.6 cm³/mol. The van der Waals surface area contributed by atoms with Crippen LogP contribution in [0.1, 0.15) is 5.56 Å². The number of anilines is 1. The first kappa shape index (κ1) is 16.2. The minimum Gasteiger partial charge on any atom is -0.368 e. The molecule has 0 aromatic heterocycles. The van der Waals surface area contributed by atoms with E-state index in [0.29, 0.717) is 26.2 Å². The number of benzene rings is 2. The van der Waals surface area contributed by atoms with Crippen molar-refractivity contribution in [2.24, 2.45) is 0 Å². The molecule has 1 saturated heterocycles. The number of piperazine rings is 1. The highest BCUT2D eigenvalue weighted by molar-refractivity contribution is 5.91. The maximum Gasteiger partial charge on any atom is 0.246 e. The van der Waals surface area contributed by atoms with E-state index in [2.05, 4.69) is 4.90 Å². The molecule has 5 heteroatoms. The van der Waals surface area contributed by atoms with Gasteiger partial charge in [-0.1, -0.05) is 12.1 Å². The summed E-state index contributed by atoms with van der Waals surface area (Å²) in [5.41, 5.74) is 1.75. The van der Waals surface area contributed by atoms with E-state index >= 15 is 0 Å². The van der Waals surface area contributed by atoms with Crippen LogP contribution in [0, 0.1) is 11.6 Å². The van der Waals surface area contributed by atoms with Crippen molar-refractivity contribution in [3.63, 3.8) is 0 Å². The molecule has 0 atom stereocenters. The number of carbonyl (C=O) groups excluding carboxylic acids is 1. The Morgan fingerprint density at radius 1 is 0.833 bits per heavy atom. The van der Waals surface area contributed by atoms with Crippen LogP contribution >= 0.6 is 0 Å². The summed E-state index contributed by atoms with van der Waals surface area (Å²) in [4.78, 5) is 16.1. The number of carbonyl (C=O) groups is 1. The van der Waals surface area contributed by atoms with Crippen molar-refractivity contribution >= 4 is 17.7 Å². The van der Waals surface area contributed by atoms with Crippen LogP contribution in [0.4, 0.5) is 14.5 Å². The van der Waals surface area contributed by atoms with Gasteiger partial charge in [0.2, 0.25) is 5.91 Å². The molecule has 3 rings (SSSR count). The summed E-state index contributed by atoms with van der Waals surface area (Å²) in [6.45, 7) is 2.65. The highest BCUT2D eigenvalue weighted by atomic mass is 19.1. The zero-order valence-corrected chi connectivity index (χ0v) is 13.2. The molecule has 3 nitrogen and oxygen atoms in total. The molecule has 0 spiro atoms. The summed E-state index contributed by atoms with van der Waals surface area (Å²) >= 11 is 0. The summed E-state index contributed by atoms with van der Waals surface area (Å²) in [6, 6.07) is 12.4. The molecule has 1 aliphatic rings. The number of hydrogen-bond acceptors (Lipinski definition) is 2. The number of rotatable bonds is 3. The lowest BCUT2D eigenvalue weighted by Gasteiger charge is -2.35. The van der Waals surface area contributed by atoms with Crippen molar-refractivity contribution in [1.29, 1.82) is 0 Å². The van der Waals surface area contributed by atoms with Crippen LogP contribution in [0.15, 0.2) is 54.6 Å². The summed E-state index contributed by atoms with van der Waals surface area (Å²) in [5, 5.41) is 0. The van der Waals surface area contributed by atoms with Crippen LogP contribution in [0.5, 0.6) is 0 Å². The molecular formula is C19H18F2N2O. The van der Waals surface area contributed by atoms with Gasteiger partial charge >= 0.3 is 0 Å². The van der Waals surface area contributed by atoms with E-state index in [0.717, 1.165) is 11.3 Å². The summed E-state index contributed by atoms with van der Waals surface area (Å²) in [6.07, 6.45) is 3.20. The zero-order valence-electron chi connectivity index (χ0n) is 13.2. The van der Waals surface area contributed by atoms with Gasteiger partial charge < -0.3 is 9.80 Å². The predicted octanol–water partition coefficient (Wildman–Crippen LogP) is 3.33. The fourth-order valence-electron chi connectivity index (χ4n) is 2.68. The molecule has 0 bridgehead atoms. The van der Waals surface area contributed by atoms with Crippen molar-refractivity contribution in [1.82, 2.24) is 4.90 Å². The second-order valence-corrected chi connectivity index (χ2v) is 5.67. The molecule has 24 heavy (non-hydrogen) atoms. The van der Waals surface area contributed by atoms with E-state index in [1.807, 2.05) is 0 Å². The summed E-state index contributed by atoms with van der Waals surface area (Å²) in [5.74, 6) is -0.605. The smallest absolute Gasteiger partial charge is 0.246 e. The van der Waals surface area contributed by atoms with E-state index in [1.54, 1.807) is 35.2 Å². The average Bonchev–Trinajstić information content (AvgIpc) is 2.62. The lowest BCUT2D eigenvalue weighted by molar-refractivity contribution is -0.126. The van der Waals surface area contributed by atoms with Crippen LogP contribution in [0.3, 0.4) is 0 Å². The molecule has 0 N–H and O–H groups in total. The van der Waals surface area contributed by atoms with Gasteiger partial charge in [-0.3, -0.25) is 4.79 Å². The first-order valence-corrected chi connectivity index (χ1v) is 7.85. The number of amides is 1. The van der Waals surface area contributed by atoms with E-state index in [4.69, 9.17) is 0 Å². The molecule has 0 radical (unpaired) electrons. The van der Waals surface area contributed by atoms with E-state index in [9.17, 15) is 13.6 Å². The monoisotopic (exact) mass is 328 g/mol. The molecule has 1 aliphatic heterocycles. The summed E-state index contributed by atoms with van der Waals surface area (Å²) < 4.78 is 25.8. The third-order valence-corrected chi connectivity index (χ3v) is 4.07. The molecule has 1 fully saturated rings. The Morgan fingerprint density at radius 3 is 1.96 bits per heavy atom. The van der Waals surface area contributed by atoms with Crippen molar-refractivity contribution in [3.8, 4) is 0 Å². The molecular weight excluding hydrogens is 310 g/mol. The van der Waals surface area contributed by atoms with Gasteiger partial charge in [0.15, 0.2) is 0 Å². The lowest BCUT2D eigenvalue weighted by Crippen LogP contribution is -2.48. The summed E-state index contributed by atoms with van der Waals surface area (Å²) in [7, 11) is 0. The Balaban J connectivity index is 1.55. The maximum absolute atomic E-state index is 13.0. The number of hydrogen-bond donors (Lipinski definition) is 0. The maximum atomic E-state index is 13.0. The largest absolute Gasteiger partial charge is 0.368 e. The number of nitrogens with zero attached hydrogens (tertiary/aromatic N) is 2. The van der Waals surface area contributed by atoms with Gasteiger partial charge in [-0.15, -0.1) is 0 Å². The van der Waals surface area contributed by atoms with Crippen molar-refractivity contribution in [3.05, 3.63) is 71.8 Å². The van der Waals surface area contributed by atoms with Gasteiger partial charge in [0.25, 0.3) is 0 Å². The van der Waals surface area contributed by atoms with Crippen LogP contribution in [0.25, 0.3) is 6.08 Å². The highest BCUT2D eigenvalue weighted by Gasteiger charge is 2.19. The van der Waals surface area contributed by atoms with Gasteiger partial charge in [0, 0.05) is 37.9 Å². The first-order valence-electron chi connectivity index (χ1n) is 7.85. The van der Waals surface area contributed by atoms with Crippen LogP contribution in [0.2, 0.25) is 0 Å². The van der Waals surface area contributed by atoms with Crippen molar-refractivity contribution in [2.45, 2.75) is 0 Å². The van der Waals surface area contributed by atoms with Crippen LogP contribution in [-0.2, 0) is 4.79 Å². The average molecular weight is 328 g/mol. The zero-order chi connectivity index (χ0) is 16.9.